The minimum atomic E-state index is -1.05. The summed E-state index contributed by atoms with van der Waals surface area (Å²) in [7, 11) is 0. The zero-order chi connectivity index (χ0) is 24.4. The summed E-state index contributed by atoms with van der Waals surface area (Å²) in [6.07, 6.45) is 5.18. The number of ether oxygens (including phenoxy) is 1. The van der Waals surface area contributed by atoms with E-state index in [-0.39, 0.29) is 17.9 Å². The monoisotopic (exact) mass is 492 g/mol. The lowest BCUT2D eigenvalue weighted by molar-refractivity contribution is -0.134. The average Bonchev–Trinajstić information content (AvgIpc) is 3.63. The number of amides is 2. The number of carbonyl (C=O) groups is 2. The SMILES string of the molecule is CCCOc1ccc(CN2C(=O)c3cc(-c4cccs4)nn3CC2(C)C(=O)NC2CCCC2)cc1. The number of hydrogen-bond donors (Lipinski definition) is 1. The molecule has 0 saturated heterocycles. The second-order valence-corrected chi connectivity index (χ2v) is 10.6. The van der Waals surface area contributed by atoms with E-state index in [4.69, 9.17) is 9.84 Å². The first-order valence-corrected chi connectivity index (χ1v) is 13.3. The fourth-order valence-corrected chi connectivity index (χ4v) is 5.62. The van der Waals surface area contributed by atoms with Crippen molar-refractivity contribution in [3.8, 4) is 16.3 Å². The molecule has 1 aliphatic heterocycles. The lowest BCUT2D eigenvalue weighted by atomic mass is 9.93. The summed E-state index contributed by atoms with van der Waals surface area (Å²) >= 11 is 1.59. The van der Waals surface area contributed by atoms with Crippen LogP contribution in [0, 0.1) is 0 Å². The van der Waals surface area contributed by atoms with Crippen LogP contribution >= 0.6 is 11.3 Å². The van der Waals surface area contributed by atoms with E-state index in [0.29, 0.717) is 25.4 Å². The molecule has 3 heterocycles. The topological polar surface area (TPSA) is 76.5 Å². The van der Waals surface area contributed by atoms with Crippen LogP contribution in [-0.4, -0.2) is 44.7 Å². The van der Waals surface area contributed by atoms with Gasteiger partial charge in [0.05, 0.1) is 18.0 Å². The quantitative estimate of drug-likeness (QED) is 0.487. The predicted molar refractivity (Wildman–Crippen MR) is 136 cm³/mol. The standard InChI is InChI=1S/C27H32N4O3S/c1-3-14-34-21-12-10-19(11-13-21)17-30-25(32)23-16-22(24-9-6-15-35-24)29-31(23)18-27(30,2)26(33)28-20-7-4-5-8-20/h6,9-13,15-16,20H,3-5,7-8,14,17-18H2,1-2H3,(H,28,33). The van der Waals surface area contributed by atoms with Gasteiger partial charge < -0.3 is 15.0 Å². The number of hydrogen-bond acceptors (Lipinski definition) is 5. The summed E-state index contributed by atoms with van der Waals surface area (Å²) in [5.41, 5.74) is 1.18. The number of rotatable bonds is 8. The van der Waals surface area contributed by atoms with Crippen molar-refractivity contribution in [2.24, 2.45) is 0 Å². The number of aromatic nitrogens is 2. The van der Waals surface area contributed by atoms with Gasteiger partial charge in [-0.1, -0.05) is 38.0 Å². The summed E-state index contributed by atoms with van der Waals surface area (Å²) < 4.78 is 7.42. The molecule has 35 heavy (non-hydrogen) atoms. The average molecular weight is 493 g/mol. The van der Waals surface area contributed by atoms with Gasteiger partial charge in [0.1, 0.15) is 22.7 Å². The van der Waals surface area contributed by atoms with Crippen LogP contribution in [-0.2, 0) is 17.9 Å². The maximum atomic E-state index is 13.8. The molecule has 0 bridgehead atoms. The molecule has 0 spiro atoms. The highest BCUT2D eigenvalue weighted by Crippen LogP contribution is 2.33. The van der Waals surface area contributed by atoms with E-state index in [0.717, 1.165) is 54.0 Å². The Bertz CT molecular complexity index is 1180. The van der Waals surface area contributed by atoms with E-state index < -0.39 is 5.54 Å². The van der Waals surface area contributed by atoms with Gasteiger partial charge in [0.25, 0.3) is 5.91 Å². The zero-order valence-electron chi connectivity index (χ0n) is 20.3. The maximum Gasteiger partial charge on any atom is 0.273 e. The Labute approximate surface area is 210 Å². The minimum Gasteiger partial charge on any atom is -0.494 e. The molecule has 1 saturated carbocycles. The van der Waals surface area contributed by atoms with Crippen molar-refractivity contribution >= 4 is 23.2 Å². The van der Waals surface area contributed by atoms with E-state index in [9.17, 15) is 9.59 Å². The van der Waals surface area contributed by atoms with Gasteiger partial charge in [-0.15, -0.1) is 11.3 Å². The maximum absolute atomic E-state index is 13.8. The first-order valence-electron chi connectivity index (χ1n) is 12.4. The molecular weight excluding hydrogens is 460 g/mol. The molecule has 0 radical (unpaired) electrons. The van der Waals surface area contributed by atoms with E-state index in [1.54, 1.807) is 20.9 Å². The molecule has 1 aliphatic carbocycles. The molecule has 5 rings (SSSR count). The van der Waals surface area contributed by atoms with Crippen LogP contribution < -0.4 is 10.1 Å². The van der Waals surface area contributed by atoms with Crippen LogP contribution in [0.5, 0.6) is 5.75 Å². The number of carbonyl (C=O) groups excluding carboxylic acids is 2. The highest BCUT2D eigenvalue weighted by molar-refractivity contribution is 7.13. The molecule has 1 atom stereocenters. The largest absolute Gasteiger partial charge is 0.494 e. The Morgan fingerprint density at radius 3 is 2.69 bits per heavy atom. The second-order valence-electron chi connectivity index (χ2n) is 9.66. The number of nitrogens with zero attached hydrogens (tertiary/aromatic N) is 3. The first kappa shape index (κ1) is 23.6. The van der Waals surface area contributed by atoms with Crippen molar-refractivity contribution in [1.82, 2.24) is 20.0 Å². The fourth-order valence-electron chi connectivity index (χ4n) is 4.94. The highest BCUT2D eigenvalue weighted by atomic mass is 32.1. The van der Waals surface area contributed by atoms with Crippen molar-refractivity contribution < 1.29 is 14.3 Å². The van der Waals surface area contributed by atoms with E-state index >= 15 is 0 Å². The molecular formula is C27H32N4O3S. The molecule has 1 fully saturated rings. The van der Waals surface area contributed by atoms with Gasteiger partial charge >= 0.3 is 0 Å². The Kier molecular flexibility index (Phi) is 6.65. The van der Waals surface area contributed by atoms with E-state index in [2.05, 4.69) is 12.2 Å². The smallest absolute Gasteiger partial charge is 0.273 e. The van der Waals surface area contributed by atoms with Gasteiger partial charge in [-0.2, -0.15) is 5.10 Å². The van der Waals surface area contributed by atoms with E-state index in [1.807, 2.05) is 54.8 Å². The molecule has 3 aromatic rings. The Hall–Kier alpha value is -3.13. The number of fused-ring (bicyclic) bond motifs is 1. The van der Waals surface area contributed by atoms with Crippen molar-refractivity contribution in [3.63, 3.8) is 0 Å². The molecule has 1 N–H and O–H groups in total. The minimum absolute atomic E-state index is 0.112. The number of nitrogens with one attached hydrogen (secondary N) is 1. The van der Waals surface area contributed by atoms with Gasteiger partial charge in [0.15, 0.2) is 0 Å². The predicted octanol–water partition coefficient (Wildman–Crippen LogP) is 4.87. The third-order valence-electron chi connectivity index (χ3n) is 6.99. The molecule has 2 aromatic heterocycles. The fraction of sp³-hybridized carbons (Fsp3) is 0.444. The third kappa shape index (κ3) is 4.72. The summed E-state index contributed by atoms with van der Waals surface area (Å²) in [6, 6.07) is 13.8. The van der Waals surface area contributed by atoms with Crippen LogP contribution in [0.4, 0.5) is 0 Å². The molecule has 1 unspecified atom stereocenters. The van der Waals surface area contributed by atoms with Gasteiger partial charge in [0, 0.05) is 12.6 Å². The number of thiophene rings is 1. The van der Waals surface area contributed by atoms with Gasteiger partial charge in [-0.3, -0.25) is 14.3 Å². The number of benzene rings is 1. The normalized spacial score (nSPS) is 20.2. The summed E-state index contributed by atoms with van der Waals surface area (Å²) in [5.74, 6) is 0.516. The lowest BCUT2D eigenvalue weighted by Crippen LogP contribution is -2.64. The van der Waals surface area contributed by atoms with Crippen LogP contribution in [0.15, 0.2) is 47.8 Å². The van der Waals surface area contributed by atoms with Crippen molar-refractivity contribution in [3.05, 3.63) is 59.1 Å². The van der Waals surface area contributed by atoms with Crippen molar-refractivity contribution in [2.45, 2.75) is 70.6 Å². The lowest BCUT2D eigenvalue weighted by Gasteiger charge is -2.43. The summed E-state index contributed by atoms with van der Waals surface area (Å²) in [5, 5.41) is 9.94. The molecule has 7 nitrogen and oxygen atoms in total. The molecule has 1 aromatic carbocycles. The highest BCUT2D eigenvalue weighted by Gasteiger charge is 2.48. The van der Waals surface area contributed by atoms with Crippen LogP contribution in [0.25, 0.3) is 10.6 Å². The molecule has 8 heteroatoms. The first-order chi connectivity index (χ1) is 17.0. The van der Waals surface area contributed by atoms with Crippen molar-refractivity contribution in [2.75, 3.05) is 6.61 Å². The van der Waals surface area contributed by atoms with Crippen LogP contribution in [0.3, 0.4) is 0 Å². The van der Waals surface area contributed by atoms with Crippen LogP contribution in [0.1, 0.15) is 62.0 Å². The van der Waals surface area contributed by atoms with Crippen molar-refractivity contribution in [1.29, 1.82) is 0 Å². The Morgan fingerprint density at radius 1 is 1.23 bits per heavy atom. The van der Waals surface area contributed by atoms with E-state index in [1.165, 1.54) is 0 Å². The molecule has 2 aliphatic rings. The van der Waals surface area contributed by atoms with Gasteiger partial charge in [0.2, 0.25) is 5.91 Å². The molecule has 184 valence electrons. The summed E-state index contributed by atoms with van der Waals surface area (Å²) in [4.78, 5) is 30.2. The summed E-state index contributed by atoms with van der Waals surface area (Å²) in [6.45, 7) is 5.25. The zero-order valence-corrected chi connectivity index (χ0v) is 21.1. The Morgan fingerprint density at radius 2 is 2.00 bits per heavy atom. The second kappa shape index (κ2) is 9.85. The van der Waals surface area contributed by atoms with Gasteiger partial charge in [-0.25, -0.2) is 0 Å². The molecule has 2 amide bonds. The third-order valence-corrected chi connectivity index (χ3v) is 7.88. The van der Waals surface area contributed by atoms with Gasteiger partial charge in [-0.05, 0) is 61.4 Å². The Balaban J connectivity index is 1.46. The van der Waals surface area contributed by atoms with Crippen LogP contribution in [0.2, 0.25) is 0 Å².